The Morgan fingerprint density at radius 2 is 1.30 bits per heavy atom. The maximum atomic E-state index is 3.78. The van der Waals surface area contributed by atoms with E-state index in [2.05, 4.69) is 11.5 Å². The molecule has 0 spiro atoms. The van der Waals surface area contributed by atoms with E-state index in [1.165, 1.54) is 102 Å². The smallest absolute Gasteiger partial charge is 0.0916 e. The van der Waals surface area contributed by atoms with Crippen molar-refractivity contribution in [1.29, 1.82) is 0 Å². The molecule has 0 aromatic carbocycles. The van der Waals surface area contributed by atoms with Gasteiger partial charge in [0.2, 0.25) is 0 Å². The first-order chi connectivity index (χ1) is 9.35. The standard InChI is InChI=1S/C17H33N2.BrH/c1-2-3-4-5-6-7-8-9-10-14-19-15-11-18(12-16-19)13-17-19;/h2H,1,3-17H2;1H/q+1;/p-1. The van der Waals surface area contributed by atoms with Crippen molar-refractivity contribution >= 4 is 0 Å². The van der Waals surface area contributed by atoms with Crippen LogP contribution in [0.15, 0.2) is 12.7 Å². The fraction of sp³-hybridized carbons (Fsp3) is 0.882. The summed E-state index contributed by atoms with van der Waals surface area (Å²) in [6.45, 7) is 13.6. The van der Waals surface area contributed by atoms with Crippen molar-refractivity contribution < 1.29 is 21.5 Å². The highest BCUT2D eigenvalue weighted by Crippen LogP contribution is 2.21. The zero-order chi connectivity index (χ0) is 13.4. The Bertz CT molecular complexity index is 246. The molecule has 0 saturated carbocycles. The van der Waals surface area contributed by atoms with Crippen molar-refractivity contribution in [2.24, 2.45) is 0 Å². The third-order valence-electron chi connectivity index (χ3n) is 5.21. The molecule has 20 heavy (non-hydrogen) atoms. The molecule has 3 heterocycles. The second-order valence-corrected chi connectivity index (χ2v) is 6.63. The molecule has 0 amide bonds. The van der Waals surface area contributed by atoms with Gasteiger partial charge in [0.05, 0.1) is 26.2 Å². The van der Waals surface area contributed by atoms with Gasteiger partial charge in [-0.1, -0.05) is 31.8 Å². The normalized spacial score (nSPS) is 28.1. The minimum atomic E-state index is 0. The molecule has 3 heteroatoms. The van der Waals surface area contributed by atoms with E-state index in [0.717, 1.165) is 0 Å². The minimum Gasteiger partial charge on any atom is -1.00 e. The van der Waals surface area contributed by atoms with Crippen molar-refractivity contribution in [3.63, 3.8) is 0 Å². The summed E-state index contributed by atoms with van der Waals surface area (Å²) in [5, 5.41) is 0. The van der Waals surface area contributed by atoms with E-state index < -0.39 is 0 Å². The number of hydrogen-bond acceptors (Lipinski definition) is 1. The molecule has 3 aliphatic heterocycles. The summed E-state index contributed by atoms with van der Waals surface area (Å²) in [5.74, 6) is 0. The number of halogens is 1. The third-order valence-corrected chi connectivity index (χ3v) is 5.21. The van der Waals surface area contributed by atoms with Gasteiger partial charge in [0.25, 0.3) is 0 Å². The van der Waals surface area contributed by atoms with Crippen molar-refractivity contribution in [3.05, 3.63) is 12.7 Å². The van der Waals surface area contributed by atoms with E-state index in [1.54, 1.807) is 0 Å². The highest BCUT2D eigenvalue weighted by Gasteiger charge is 2.37. The number of piperazine rings is 3. The van der Waals surface area contributed by atoms with Gasteiger partial charge >= 0.3 is 0 Å². The summed E-state index contributed by atoms with van der Waals surface area (Å²) in [6.07, 6.45) is 13.3. The van der Waals surface area contributed by atoms with Gasteiger partial charge in [0.15, 0.2) is 0 Å². The van der Waals surface area contributed by atoms with E-state index in [9.17, 15) is 0 Å². The summed E-state index contributed by atoms with van der Waals surface area (Å²) >= 11 is 0. The number of nitrogens with zero attached hydrogens (tertiary/aromatic N) is 2. The van der Waals surface area contributed by atoms with E-state index >= 15 is 0 Å². The van der Waals surface area contributed by atoms with E-state index in [1.807, 2.05) is 6.08 Å². The molecule has 0 aromatic heterocycles. The lowest BCUT2D eigenvalue weighted by atomic mass is 10.1. The zero-order valence-electron chi connectivity index (χ0n) is 13.2. The fourth-order valence-electron chi connectivity index (χ4n) is 3.69. The van der Waals surface area contributed by atoms with Crippen LogP contribution in [0.25, 0.3) is 0 Å². The average molecular weight is 345 g/mol. The van der Waals surface area contributed by atoms with Gasteiger partial charge in [-0.25, -0.2) is 0 Å². The lowest BCUT2D eigenvalue weighted by Crippen LogP contribution is -3.00. The number of allylic oxidation sites excluding steroid dienone is 1. The zero-order valence-corrected chi connectivity index (χ0v) is 14.7. The van der Waals surface area contributed by atoms with Crippen LogP contribution in [0.3, 0.4) is 0 Å². The molecule has 0 radical (unpaired) electrons. The molecule has 3 fully saturated rings. The predicted octanol–water partition coefficient (Wildman–Crippen LogP) is 0.443. The van der Waals surface area contributed by atoms with Crippen LogP contribution in [0, 0.1) is 0 Å². The van der Waals surface area contributed by atoms with E-state index in [4.69, 9.17) is 0 Å². The molecule has 0 aliphatic carbocycles. The van der Waals surface area contributed by atoms with Crippen molar-refractivity contribution in [3.8, 4) is 0 Å². The Kier molecular flexibility index (Phi) is 9.06. The first kappa shape index (κ1) is 18.2. The molecule has 2 bridgehead atoms. The fourth-order valence-corrected chi connectivity index (χ4v) is 3.69. The summed E-state index contributed by atoms with van der Waals surface area (Å²) in [6, 6.07) is 0. The molecule has 0 N–H and O–H groups in total. The number of unbranched alkanes of at least 4 members (excludes halogenated alkanes) is 7. The first-order valence-corrected chi connectivity index (χ1v) is 8.53. The van der Waals surface area contributed by atoms with Gasteiger partial charge in [0, 0.05) is 19.6 Å². The molecular weight excluding hydrogens is 312 g/mol. The monoisotopic (exact) mass is 344 g/mol. The quantitative estimate of drug-likeness (QED) is 0.316. The van der Waals surface area contributed by atoms with Crippen LogP contribution < -0.4 is 17.0 Å². The summed E-state index contributed by atoms with van der Waals surface area (Å²) in [7, 11) is 0. The molecule has 118 valence electrons. The topological polar surface area (TPSA) is 3.24 Å². The largest absolute Gasteiger partial charge is 1.00 e. The molecular formula is C17H33BrN2. The lowest BCUT2D eigenvalue weighted by molar-refractivity contribution is -0.941. The van der Waals surface area contributed by atoms with E-state index in [0.29, 0.717) is 0 Å². The van der Waals surface area contributed by atoms with Crippen LogP contribution in [-0.2, 0) is 0 Å². The number of hydrogen-bond donors (Lipinski definition) is 0. The van der Waals surface area contributed by atoms with Crippen LogP contribution in [0.4, 0.5) is 0 Å². The van der Waals surface area contributed by atoms with Gasteiger partial charge in [-0.05, 0) is 25.7 Å². The van der Waals surface area contributed by atoms with Crippen LogP contribution in [-0.4, -0.2) is 55.2 Å². The van der Waals surface area contributed by atoms with Crippen LogP contribution in [0.1, 0.15) is 51.4 Å². The second kappa shape index (κ2) is 9.97. The SMILES string of the molecule is C=CCCCCCCCCC[N+]12CCN(CC1)CC2.[Br-]. The molecule has 0 atom stereocenters. The van der Waals surface area contributed by atoms with Gasteiger partial charge < -0.3 is 21.5 Å². The Morgan fingerprint density at radius 3 is 1.85 bits per heavy atom. The molecule has 3 aliphatic rings. The molecule has 0 aromatic rings. The summed E-state index contributed by atoms with van der Waals surface area (Å²) in [5.41, 5.74) is 0. The Balaban J connectivity index is 0.00000200. The maximum Gasteiger partial charge on any atom is 0.0916 e. The highest BCUT2D eigenvalue weighted by atomic mass is 79.9. The Labute approximate surface area is 136 Å². The Morgan fingerprint density at radius 1 is 0.800 bits per heavy atom. The van der Waals surface area contributed by atoms with Crippen LogP contribution in [0.5, 0.6) is 0 Å². The average Bonchev–Trinajstić information content (AvgIpc) is 2.47. The van der Waals surface area contributed by atoms with Gasteiger partial charge in [-0.15, -0.1) is 6.58 Å². The molecule has 2 nitrogen and oxygen atoms in total. The lowest BCUT2D eigenvalue weighted by Gasteiger charge is -2.50. The minimum absolute atomic E-state index is 0. The van der Waals surface area contributed by atoms with Crippen molar-refractivity contribution in [1.82, 2.24) is 4.90 Å². The van der Waals surface area contributed by atoms with Gasteiger partial charge in [0.1, 0.15) is 0 Å². The van der Waals surface area contributed by atoms with Crippen LogP contribution >= 0.6 is 0 Å². The summed E-state index contributed by atoms with van der Waals surface area (Å²) in [4.78, 5) is 2.64. The van der Waals surface area contributed by atoms with Crippen LogP contribution in [0.2, 0.25) is 0 Å². The van der Waals surface area contributed by atoms with Crippen molar-refractivity contribution in [2.75, 3.05) is 45.8 Å². The number of fused-ring (bicyclic) bond motifs is 3. The van der Waals surface area contributed by atoms with Crippen molar-refractivity contribution in [2.45, 2.75) is 51.4 Å². The molecule has 0 unspecified atom stereocenters. The maximum absolute atomic E-state index is 3.78. The Hall–Kier alpha value is 0.140. The summed E-state index contributed by atoms with van der Waals surface area (Å²) < 4.78 is 1.45. The second-order valence-electron chi connectivity index (χ2n) is 6.63. The van der Waals surface area contributed by atoms with Gasteiger partial charge in [-0.3, -0.25) is 4.90 Å². The highest BCUT2D eigenvalue weighted by molar-refractivity contribution is 4.70. The number of rotatable bonds is 10. The predicted molar refractivity (Wildman–Crippen MR) is 83.3 cm³/mol. The molecule has 3 rings (SSSR count). The molecule has 3 saturated heterocycles. The van der Waals surface area contributed by atoms with Gasteiger partial charge in [-0.2, -0.15) is 0 Å². The third kappa shape index (κ3) is 5.87. The number of quaternary nitrogens is 1. The first-order valence-electron chi connectivity index (χ1n) is 8.53. The van der Waals surface area contributed by atoms with E-state index in [-0.39, 0.29) is 17.0 Å².